The largest absolute Gasteiger partial charge is 0.463 e. The van der Waals surface area contributed by atoms with E-state index in [0.29, 0.717) is 0 Å². The summed E-state index contributed by atoms with van der Waals surface area (Å²) in [4.78, 5) is 23.3. The number of hydrogen-bond donors (Lipinski definition) is 0. The van der Waals surface area contributed by atoms with Gasteiger partial charge >= 0.3 is 5.97 Å². The maximum absolute atomic E-state index is 11.3. The smallest absolute Gasteiger partial charge is 0.333 e. The SMILES string of the molecule is CCOC(=O)/C=C1/N(C)C(=O)C[S@@]1=O. The summed E-state index contributed by atoms with van der Waals surface area (Å²) >= 11 is 0. The molecule has 1 rings (SSSR count). The fourth-order valence-electron chi connectivity index (χ4n) is 1.01. The number of carbonyl (C=O) groups excluding carboxylic acids is 2. The van der Waals surface area contributed by atoms with Crippen molar-refractivity contribution in [2.45, 2.75) is 6.92 Å². The molecule has 0 bridgehead atoms. The van der Waals surface area contributed by atoms with E-state index in [1.54, 1.807) is 6.92 Å². The van der Waals surface area contributed by atoms with Gasteiger partial charge in [0, 0.05) is 7.05 Å². The first kappa shape index (κ1) is 10.9. The number of carbonyl (C=O) groups is 2. The Bertz CT molecular complexity index is 323. The van der Waals surface area contributed by atoms with Gasteiger partial charge in [0.05, 0.1) is 23.5 Å². The average molecular weight is 217 g/mol. The number of esters is 1. The van der Waals surface area contributed by atoms with Gasteiger partial charge in [0.25, 0.3) is 0 Å². The van der Waals surface area contributed by atoms with Crippen LogP contribution in [0.1, 0.15) is 6.92 Å². The zero-order chi connectivity index (χ0) is 10.7. The summed E-state index contributed by atoms with van der Waals surface area (Å²) in [5.74, 6) is -0.877. The maximum atomic E-state index is 11.3. The fourth-order valence-corrected chi connectivity index (χ4v) is 2.21. The van der Waals surface area contributed by atoms with Crippen LogP contribution in [0.5, 0.6) is 0 Å². The minimum atomic E-state index is -1.41. The third-order valence-electron chi connectivity index (χ3n) is 1.72. The van der Waals surface area contributed by atoms with Crippen molar-refractivity contribution in [3.63, 3.8) is 0 Å². The van der Waals surface area contributed by atoms with E-state index < -0.39 is 16.8 Å². The van der Waals surface area contributed by atoms with Crippen LogP contribution in [0.2, 0.25) is 0 Å². The van der Waals surface area contributed by atoms with E-state index in [9.17, 15) is 13.8 Å². The molecule has 0 aliphatic carbocycles. The Morgan fingerprint density at radius 1 is 1.71 bits per heavy atom. The van der Waals surface area contributed by atoms with Crippen molar-refractivity contribution in [3.8, 4) is 0 Å². The maximum Gasteiger partial charge on any atom is 0.333 e. The summed E-state index contributed by atoms with van der Waals surface area (Å²) < 4.78 is 16.0. The summed E-state index contributed by atoms with van der Waals surface area (Å²) in [6.07, 6.45) is 1.10. The highest BCUT2D eigenvalue weighted by Crippen LogP contribution is 2.16. The van der Waals surface area contributed by atoms with Gasteiger partial charge in [-0.2, -0.15) is 0 Å². The molecular weight excluding hydrogens is 206 g/mol. The van der Waals surface area contributed by atoms with E-state index in [-0.39, 0.29) is 23.3 Å². The van der Waals surface area contributed by atoms with Gasteiger partial charge in [-0.15, -0.1) is 0 Å². The summed E-state index contributed by atoms with van der Waals surface area (Å²) in [5.41, 5.74) is 0. The van der Waals surface area contributed by atoms with Crippen LogP contribution >= 0.6 is 0 Å². The van der Waals surface area contributed by atoms with E-state index >= 15 is 0 Å². The first-order valence-electron chi connectivity index (χ1n) is 4.09. The van der Waals surface area contributed by atoms with E-state index in [1.807, 2.05) is 0 Å². The molecule has 0 aromatic heterocycles. The molecule has 1 atom stereocenters. The second-order valence-corrected chi connectivity index (χ2v) is 4.08. The molecule has 1 aliphatic heterocycles. The molecule has 78 valence electrons. The lowest BCUT2D eigenvalue weighted by Gasteiger charge is -2.07. The molecule has 1 aliphatic rings. The number of amides is 1. The Kier molecular flexibility index (Phi) is 3.40. The van der Waals surface area contributed by atoms with Gasteiger partial charge in [0.1, 0.15) is 10.8 Å². The minimum absolute atomic E-state index is 0.0538. The van der Waals surface area contributed by atoms with E-state index in [4.69, 9.17) is 0 Å². The predicted octanol–water partition coefficient (Wildman–Crippen LogP) is -0.388. The van der Waals surface area contributed by atoms with Crippen molar-refractivity contribution in [2.75, 3.05) is 19.4 Å². The van der Waals surface area contributed by atoms with Crippen LogP contribution in [0.25, 0.3) is 0 Å². The molecule has 0 spiro atoms. The lowest BCUT2D eigenvalue weighted by Crippen LogP contribution is -2.19. The zero-order valence-electron chi connectivity index (χ0n) is 7.98. The van der Waals surface area contributed by atoms with Crippen LogP contribution in [-0.4, -0.2) is 40.4 Å². The van der Waals surface area contributed by atoms with Gasteiger partial charge in [-0.3, -0.25) is 9.00 Å². The highest BCUT2D eigenvalue weighted by Gasteiger charge is 2.29. The van der Waals surface area contributed by atoms with Crippen LogP contribution < -0.4 is 0 Å². The lowest BCUT2D eigenvalue weighted by molar-refractivity contribution is -0.137. The van der Waals surface area contributed by atoms with Gasteiger partial charge in [-0.05, 0) is 6.92 Å². The first-order valence-corrected chi connectivity index (χ1v) is 5.41. The molecule has 0 aromatic rings. The van der Waals surface area contributed by atoms with E-state index in [0.717, 1.165) is 6.08 Å². The molecule has 1 fully saturated rings. The lowest BCUT2D eigenvalue weighted by atomic mass is 10.5. The average Bonchev–Trinajstić information content (AvgIpc) is 2.33. The molecule has 0 aromatic carbocycles. The number of nitrogens with zero attached hydrogens (tertiary/aromatic N) is 1. The van der Waals surface area contributed by atoms with Gasteiger partial charge in [-0.1, -0.05) is 0 Å². The van der Waals surface area contributed by atoms with Crippen LogP contribution in [0.3, 0.4) is 0 Å². The fraction of sp³-hybridized carbons (Fsp3) is 0.500. The Morgan fingerprint density at radius 3 is 2.79 bits per heavy atom. The Balaban J connectivity index is 2.81. The molecule has 0 radical (unpaired) electrons. The molecule has 0 unspecified atom stereocenters. The molecule has 0 saturated carbocycles. The number of ether oxygens (including phenoxy) is 1. The third-order valence-corrected chi connectivity index (χ3v) is 3.09. The Morgan fingerprint density at radius 2 is 2.36 bits per heavy atom. The van der Waals surface area contributed by atoms with Gasteiger partial charge in [0.2, 0.25) is 5.91 Å². The van der Waals surface area contributed by atoms with Gasteiger partial charge < -0.3 is 9.64 Å². The third kappa shape index (κ3) is 2.20. The van der Waals surface area contributed by atoms with Crippen molar-refractivity contribution in [1.29, 1.82) is 0 Å². The second kappa shape index (κ2) is 4.36. The predicted molar refractivity (Wildman–Crippen MR) is 50.5 cm³/mol. The molecule has 1 heterocycles. The summed E-state index contributed by atoms with van der Waals surface area (Å²) in [7, 11) is 0.0761. The highest BCUT2D eigenvalue weighted by atomic mass is 32.2. The second-order valence-electron chi connectivity index (χ2n) is 2.68. The first-order chi connectivity index (χ1) is 6.56. The number of rotatable bonds is 2. The number of hydrogen-bond acceptors (Lipinski definition) is 4. The molecule has 1 saturated heterocycles. The molecule has 6 heteroatoms. The van der Waals surface area contributed by atoms with Crippen LogP contribution in [0.4, 0.5) is 0 Å². The van der Waals surface area contributed by atoms with Crippen molar-refractivity contribution in [3.05, 3.63) is 11.1 Å². The van der Waals surface area contributed by atoms with Gasteiger partial charge in [-0.25, -0.2) is 4.79 Å². The summed E-state index contributed by atoms with van der Waals surface area (Å²) in [6.45, 7) is 1.93. The standard InChI is InChI=1S/C8H11NO4S/c1-3-13-8(11)4-7-9(2)6(10)5-14(7)12/h4H,3,5H2,1-2H3/b7-4-/t14-/m0/s1. The van der Waals surface area contributed by atoms with E-state index in [2.05, 4.69) is 4.74 Å². The molecule has 5 nitrogen and oxygen atoms in total. The van der Waals surface area contributed by atoms with Crippen molar-refractivity contribution in [1.82, 2.24) is 4.90 Å². The zero-order valence-corrected chi connectivity index (χ0v) is 8.80. The molecule has 1 amide bonds. The Hall–Kier alpha value is -1.17. The summed E-state index contributed by atoms with van der Waals surface area (Å²) in [6, 6.07) is 0. The monoisotopic (exact) mass is 217 g/mol. The van der Waals surface area contributed by atoms with Crippen LogP contribution in [-0.2, 0) is 25.1 Å². The van der Waals surface area contributed by atoms with Crippen LogP contribution in [0.15, 0.2) is 11.1 Å². The normalized spacial score (nSPS) is 24.4. The molecule has 0 N–H and O–H groups in total. The minimum Gasteiger partial charge on any atom is -0.463 e. The molecule has 14 heavy (non-hydrogen) atoms. The Labute approximate surface area is 84.2 Å². The van der Waals surface area contributed by atoms with Crippen LogP contribution in [0, 0.1) is 0 Å². The van der Waals surface area contributed by atoms with E-state index in [1.165, 1.54) is 11.9 Å². The topological polar surface area (TPSA) is 63.7 Å². The van der Waals surface area contributed by atoms with Crippen molar-refractivity contribution < 1.29 is 18.5 Å². The summed E-state index contributed by atoms with van der Waals surface area (Å²) in [5, 5.41) is 0.216. The molecular formula is C8H11NO4S. The van der Waals surface area contributed by atoms with Gasteiger partial charge in [0.15, 0.2) is 0 Å². The highest BCUT2D eigenvalue weighted by molar-refractivity contribution is 7.90. The quantitative estimate of drug-likeness (QED) is 0.467. The van der Waals surface area contributed by atoms with Crippen molar-refractivity contribution >= 4 is 22.7 Å². The van der Waals surface area contributed by atoms with Crippen molar-refractivity contribution in [2.24, 2.45) is 0 Å².